The molecule has 0 saturated carbocycles. The summed E-state index contributed by atoms with van der Waals surface area (Å²) in [5, 5.41) is 0. The molecule has 1 atom stereocenters. The zero-order chi connectivity index (χ0) is 13.8. The predicted molar refractivity (Wildman–Crippen MR) is 77.8 cm³/mol. The maximum Gasteiger partial charge on any atom is 0.227 e. The van der Waals surface area contributed by atoms with Crippen molar-refractivity contribution in [3.05, 3.63) is 34.3 Å². The normalized spacial score (nSPS) is 19.6. The van der Waals surface area contributed by atoms with Gasteiger partial charge in [0.25, 0.3) is 0 Å². The van der Waals surface area contributed by atoms with E-state index in [4.69, 9.17) is 0 Å². The molecule has 1 aromatic rings. The number of nitrogens with zero attached hydrogens (tertiary/aromatic N) is 1. The predicted octanol–water partition coefficient (Wildman–Crippen LogP) is 2.82. The van der Waals surface area contributed by atoms with Crippen LogP contribution in [0.5, 0.6) is 0 Å². The average Bonchev–Trinajstić information content (AvgIpc) is 2.42. The van der Waals surface area contributed by atoms with Crippen LogP contribution in [0.15, 0.2) is 28.7 Å². The van der Waals surface area contributed by atoms with E-state index in [0.29, 0.717) is 31.7 Å². The van der Waals surface area contributed by atoms with Gasteiger partial charge < -0.3 is 4.90 Å². The molecule has 2 rings (SSSR count). The number of ketones is 1. The Kier molecular flexibility index (Phi) is 4.75. The molecule has 3 nitrogen and oxygen atoms in total. The van der Waals surface area contributed by atoms with Crippen LogP contribution in [0, 0.1) is 5.92 Å². The number of rotatable bonds is 3. The molecule has 1 unspecified atom stereocenters. The molecule has 0 radical (unpaired) electrons. The summed E-state index contributed by atoms with van der Waals surface area (Å²) >= 11 is 3.38. The third-order valence-corrected chi connectivity index (χ3v) is 4.17. The van der Waals surface area contributed by atoms with E-state index < -0.39 is 0 Å². The minimum atomic E-state index is 0.0302. The quantitative estimate of drug-likeness (QED) is 0.857. The first-order valence-corrected chi connectivity index (χ1v) is 7.44. The van der Waals surface area contributed by atoms with E-state index in [0.717, 1.165) is 16.5 Å². The lowest BCUT2D eigenvalue weighted by Gasteiger charge is -2.31. The fourth-order valence-corrected chi connectivity index (χ4v) is 2.64. The summed E-state index contributed by atoms with van der Waals surface area (Å²) in [7, 11) is 0. The molecule has 0 aliphatic carbocycles. The molecule has 4 heteroatoms. The van der Waals surface area contributed by atoms with Gasteiger partial charge in [0, 0.05) is 29.9 Å². The minimum absolute atomic E-state index is 0.0302. The highest BCUT2D eigenvalue weighted by molar-refractivity contribution is 9.10. The van der Waals surface area contributed by atoms with Gasteiger partial charge in [-0.3, -0.25) is 9.59 Å². The third kappa shape index (κ3) is 3.66. The smallest absolute Gasteiger partial charge is 0.227 e. The topological polar surface area (TPSA) is 37.4 Å². The Labute approximate surface area is 122 Å². The number of amides is 1. The van der Waals surface area contributed by atoms with Crippen LogP contribution in [0.25, 0.3) is 0 Å². The summed E-state index contributed by atoms with van der Waals surface area (Å²) in [6, 6.07) is 7.79. The van der Waals surface area contributed by atoms with Gasteiger partial charge in [-0.1, -0.05) is 35.0 Å². The zero-order valence-electron chi connectivity index (χ0n) is 11.1. The minimum Gasteiger partial charge on any atom is -0.341 e. The van der Waals surface area contributed by atoms with Crippen molar-refractivity contribution < 1.29 is 9.59 Å². The van der Waals surface area contributed by atoms with Crippen molar-refractivity contribution >= 4 is 27.6 Å². The van der Waals surface area contributed by atoms with Crippen LogP contribution in [0.1, 0.15) is 25.3 Å². The molecular formula is C15H18BrNO2. The Morgan fingerprint density at radius 1 is 1.37 bits per heavy atom. The summed E-state index contributed by atoms with van der Waals surface area (Å²) in [5.74, 6) is 0.450. The van der Waals surface area contributed by atoms with Crippen molar-refractivity contribution in [2.75, 3.05) is 13.1 Å². The van der Waals surface area contributed by atoms with Gasteiger partial charge in [0.2, 0.25) is 5.91 Å². The van der Waals surface area contributed by atoms with Crippen LogP contribution in [-0.2, 0) is 16.0 Å². The molecule has 1 aromatic carbocycles. The van der Waals surface area contributed by atoms with Crippen molar-refractivity contribution in [3.63, 3.8) is 0 Å². The lowest BCUT2D eigenvalue weighted by Crippen LogP contribution is -2.44. The Hall–Kier alpha value is -1.16. The summed E-state index contributed by atoms with van der Waals surface area (Å²) in [4.78, 5) is 25.7. The largest absolute Gasteiger partial charge is 0.341 e. The molecule has 1 aliphatic rings. The van der Waals surface area contributed by atoms with Gasteiger partial charge in [-0.15, -0.1) is 0 Å². The SMILES string of the molecule is CCC1CN(C(=O)Cc2ccc(Br)cc2)CCC1=O. The van der Waals surface area contributed by atoms with Crippen LogP contribution in [0.3, 0.4) is 0 Å². The highest BCUT2D eigenvalue weighted by atomic mass is 79.9. The van der Waals surface area contributed by atoms with Gasteiger partial charge >= 0.3 is 0 Å². The number of halogens is 1. The van der Waals surface area contributed by atoms with E-state index in [1.54, 1.807) is 0 Å². The first-order valence-electron chi connectivity index (χ1n) is 6.65. The molecule has 1 fully saturated rings. The number of carbonyl (C=O) groups excluding carboxylic acids is 2. The van der Waals surface area contributed by atoms with E-state index in [2.05, 4.69) is 15.9 Å². The van der Waals surface area contributed by atoms with E-state index >= 15 is 0 Å². The van der Waals surface area contributed by atoms with Gasteiger partial charge in [-0.2, -0.15) is 0 Å². The zero-order valence-corrected chi connectivity index (χ0v) is 12.6. The molecular weight excluding hydrogens is 306 g/mol. The first kappa shape index (κ1) is 14.3. The van der Waals surface area contributed by atoms with Crippen LogP contribution in [-0.4, -0.2) is 29.7 Å². The average molecular weight is 324 g/mol. The summed E-state index contributed by atoms with van der Waals surface area (Å²) in [6.45, 7) is 3.17. The van der Waals surface area contributed by atoms with Gasteiger partial charge in [0.1, 0.15) is 5.78 Å². The molecule has 0 spiro atoms. The van der Waals surface area contributed by atoms with E-state index in [1.807, 2.05) is 36.1 Å². The van der Waals surface area contributed by atoms with Crippen molar-refractivity contribution in [1.82, 2.24) is 4.90 Å². The number of Topliss-reactive ketones (excluding diaryl/α,β-unsaturated/α-hetero) is 1. The van der Waals surface area contributed by atoms with Gasteiger partial charge in [0.05, 0.1) is 6.42 Å². The molecule has 1 amide bonds. The Morgan fingerprint density at radius 3 is 2.68 bits per heavy atom. The number of benzene rings is 1. The standard InChI is InChI=1S/C15H18BrNO2/c1-2-12-10-17(8-7-14(12)18)15(19)9-11-3-5-13(16)6-4-11/h3-6,12H,2,7-10H2,1H3. The van der Waals surface area contributed by atoms with Crippen LogP contribution < -0.4 is 0 Å². The number of hydrogen-bond acceptors (Lipinski definition) is 2. The second-order valence-electron chi connectivity index (χ2n) is 4.96. The first-order chi connectivity index (χ1) is 9.10. The van der Waals surface area contributed by atoms with Crippen molar-refractivity contribution in [3.8, 4) is 0 Å². The fraction of sp³-hybridized carbons (Fsp3) is 0.467. The highest BCUT2D eigenvalue weighted by Crippen LogP contribution is 2.18. The highest BCUT2D eigenvalue weighted by Gasteiger charge is 2.28. The molecule has 1 saturated heterocycles. The lowest BCUT2D eigenvalue weighted by atomic mass is 9.94. The van der Waals surface area contributed by atoms with E-state index in [1.165, 1.54) is 0 Å². The Balaban J connectivity index is 1.96. The van der Waals surface area contributed by atoms with Crippen molar-refractivity contribution in [2.45, 2.75) is 26.2 Å². The maximum absolute atomic E-state index is 12.2. The third-order valence-electron chi connectivity index (χ3n) is 3.64. The summed E-state index contributed by atoms with van der Waals surface area (Å²) in [5.41, 5.74) is 1.01. The fourth-order valence-electron chi connectivity index (χ4n) is 2.38. The maximum atomic E-state index is 12.2. The van der Waals surface area contributed by atoms with Gasteiger partial charge in [-0.25, -0.2) is 0 Å². The molecule has 0 N–H and O–H groups in total. The second-order valence-corrected chi connectivity index (χ2v) is 5.88. The second kappa shape index (κ2) is 6.33. The lowest BCUT2D eigenvalue weighted by molar-refractivity contribution is -0.136. The summed E-state index contributed by atoms with van der Waals surface area (Å²) < 4.78 is 1.01. The number of piperidine rings is 1. The molecule has 0 aromatic heterocycles. The molecule has 0 bridgehead atoms. The monoisotopic (exact) mass is 323 g/mol. The van der Waals surface area contributed by atoms with E-state index in [9.17, 15) is 9.59 Å². The van der Waals surface area contributed by atoms with Crippen LogP contribution >= 0.6 is 15.9 Å². The van der Waals surface area contributed by atoms with Crippen molar-refractivity contribution in [2.24, 2.45) is 5.92 Å². The van der Waals surface area contributed by atoms with Crippen LogP contribution in [0.2, 0.25) is 0 Å². The Bertz CT molecular complexity index is 470. The van der Waals surface area contributed by atoms with Gasteiger partial charge in [0.15, 0.2) is 0 Å². The number of likely N-dealkylation sites (tertiary alicyclic amines) is 1. The van der Waals surface area contributed by atoms with Crippen LogP contribution in [0.4, 0.5) is 0 Å². The number of hydrogen-bond donors (Lipinski definition) is 0. The number of carbonyl (C=O) groups is 2. The molecule has 19 heavy (non-hydrogen) atoms. The Morgan fingerprint density at radius 2 is 2.05 bits per heavy atom. The van der Waals surface area contributed by atoms with E-state index in [-0.39, 0.29) is 11.8 Å². The molecule has 1 heterocycles. The van der Waals surface area contributed by atoms with Crippen molar-refractivity contribution in [1.29, 1.82) is 0 Å². The summed E-state index contributed by atoms with van der Waals surface area (Å²) in [6.07, 6.45) is 1.74. The molecule has 1 aliphatic heterocycles. The van der Waals surface area contributed by atoms with Gasteiger partial charge in [-0.05, 0) is 24.1 Å². The molecule has 102 valence electrons.